The Labute approximate surface area is 301 Å². The topological polar surface area (TPSA) is 84.8 Å². The molecule has 5 rings (SSSR count). The first-order valence-corrected chi connectivity index (χ1v) is 19.1. The Morgan fingerprint density at radius 1 is 0.959 bits per heavy atom. The quantitative estimate of drug-likeness (QED) is 0.0734. The number of amides is 2. The van der Waals surface area contributed by atoms with E-state index in [1.54, 1.807) is 24.1 Å². The van der Waals surface area contributed by atoms with Gasteiger partial charge in [-0.1, -0.05) is 69.6 Å². The van der Waals surface area contributed by atoms with Gasteiger partial charge in [0, 0.05) is 48.1 Å². The van der Waals surface area contributed by atoms with Gasteiger partial charge in [-0.15, -0.1) is 0 Å². The van der Waals surface area contributed by atoms with E-state index in [9.17, 15) is 9.59 Å². The van der Waals surface area contributed by atoms with Gasteiger partial charge < -0.3 is 15.4 Å². The number of benzene rings is 3. The lowest BCUT2D eigenvalue weighted by atomic mass is 9.95. The van der Waals surface area contributed by atoms with Crippen LogP contribution in [0.5, 0.6) is 5.75 Å². The highest BCUT2D eigenvalue weighted by molar-refractivity contribution is 8.23. The molecule has 1 unspecified atom stereocenters. The molecule has 2 heterocycles. The highest BCUT2D eigenvalue weighted by Gasteiger charge is 2.27. The molecule has 3 N–H and O–H groups in total. The summed E-state index contributed by atoms with van der Waals surface area (Å²) in [5.41, 5.74) is 7.33. The van der Waals surface area contributed by atoms with Crippen LogP contribution in [0.1, 0.15) is 96.7 Å². The molecule has 49 heavy (non-hydrogen) atoms. The summed E-state index contributed by atoms with van der Waals surface area (Å²) in [6.07, 6.45) is 7.76. The summed E-state index contributed by atoms with van der Waals surface area (Å²) in [6.45, 7) is 11.9. The Hall–Kier alpha value is -3.69. The van der Waals surface area contributed by atoms with Crippen LogP contribution in [0.15, 0.2) is 48.5 Å². The first kappa shape index (κ1) is 36.6. The van der Waals surface area contributed by atoms with E-state index in [0.29, 0.717) is 34.6 Å². The summed E-state index contributed by atoms with van der Waals surface area (Å²) < 4.78 is 6.20. The number of carbonyl (C=O) groups excluding carboxylic acids is 2. The van der Waals surface area contributed by atoms with Crippen molar-refractivity contribution >= 4 is 67.6 Å². The second-order valence-electron chi connectivity index (χ2n) is 13.3. The van der Waals surface area contributed by atoms with E-state index in [0.717, 1.165) is 75.3 Å². The molecule has 0 bridgehead atoms. The molecule has 2 amide bonds. The first-order chi connectivity index (χ1) is 23.6. The predicted molar refractivity (Wildman–Crippen MR) is 208 cm³/mol. The molecule has 1 aliphatic rings. The molecule has 0 spiro atoms. The summed E-state index contributed by atoms with van der Waals surface area (Å²) >= 11 is 6.87. The Morgan fingerprint density at radius 2 is 1.71 bits per heavy atom. The normalized spacial score (nSPS) is 13.8. The third-order valence-corrected chi connectivity index (χ3v) is 11.5. The lowest BCUT2D eigenvalue weighted by Crippen LogP contribution is -2.32. The van der Waals surface area contributed by atoms with Gasteiger partial charge in [0.2, 0.25) is 11.0 Å². The minimum atomic E-state index is -0.120. The molecule has 0 radical (unpaired) electrons. The second-order valence-corrected chi connectivity index (χ2v) is 15.0. The van der Waals surface area contributed by atoms with Gasteiger partial charge in [0.1, 0.15) is 10.1 Å². The number of methoxy groups -OCH3 is 1. The van der Waals surface area contributed by atoms with Crippen LogP contribution in [0.2, 0.25) is 0 Å². The summed E-state index contributed by atoms with van der Waals surface area (Å²) in [5, 5.41) is 9.24. The molecule has 1 aromatic heterocycles. The molecule has 9 heteroatoms. The number of fused-ring (bicyclic) bond motifs is 2. The van der Waals surface area contributed by atoms with Gasteiger partial charge in [-0.3, -0.25) is 14.5 Å². The van der Waals surface area contributed by atoms with Crippen molar-refractivity contribution in [2.45, 2.75) is 85.6 Å². The van der Waals surface area contributed by atoms with Crippen LogP contribution < -0.4 is 20.4 Å². The van der Waals surface area contributed by atoms with Gasteiger partial charge in [-0.05, 0) is 93.0 Å². The number of thioether (sulfide) groups is 1. The molecular formula is C40H51N4O3S2+. The van der Waals surface area contributed by atoms with E-state index in [-0.39, 0.29) is 11.8 Å². The SMILES string of the molecule is CCC(CC)CCCC(C)Nc1c2ccc(CCCNC(=O)c3ccc(C(=O)N4CCSC4=S)c(C)c3C)cc2[nH+]c2ccc(OC)cc12. The van der Waals surface area contributed by atoms with Crippen LogP contribution in [-0.4, -0.2) is 53.0 Å². The Morgan fingerprint density at radius 3 is 2.43 bits per heavy atom. The van der Waals surface area contributed by atoms with Gasteiger partial charge in [0.25, 0.3) is 11.8 Å². The maximum Gasteiger partial charge on any atom is 0.259 e. The number of hydrogen-bond donors (Lipinski definition) is 2. The number of H-pyrrole nitrogens is 1. The van der Waals surface area contributed by atoms with Crippen LogP contribution in [0.3, 0.4) is 0 Å². The second kappa shape index (κ2) is 16.8. The number of ether oxygens (including phenoxy) is 1. The van der Waals surface area contributed by atoms with E-state index < -0.39 is 0 Å². The summed E-state index contributed by atoms with van der Waals surface area (Å²) in [6, 6.07) is 16.7. The average molecular weight is 700 g/mol. The number of carbonyl (C=O) groups is 2. The van der Waals surface area contributed by atoms with Crippen molar-refractivity contribution in [3.05, 3.63) is 76.3 Å². The molecule has 4 aromatic rings. The fourth-order valence-corrected chi connectivity index (χ4v) is 8.02. The van der Waals surface area contributed by atoms with E-state index in [1.807, 2.05) is 19.9 Å². The fraction of sp³-hybridized carbons (Fsp3) is 0.450. The monoisotopic (exact) mass is 699 g/mol. The first-order valence-electron chi connectivity index (χ1n) is 17.7. The minimum Gasteiger partial charge on any atom is -0.497 e. The molecule has 7 nitrogen and oxygen atoms in total. The molecule has 1 atom stereocenters. The molecule has 1 fully saturated rings. The zero-order valence-corrected chi connectivity index (χ0v) is 31.5. The smallest absolute Gasteiger partial charge is 0.259 e. The van der Waals surface area contributed by atoms with Crippen LogP contribution in [-0.2, 0) is 6.42 Å². The minimum absolute atomic E-state index is 0.0900. The summed E-state index contributed by atoms with van der Waals surface area (Å²) in [4.78, 5) is 31.6. The van der Waals surface area contributed by atoms with Crippen LogP contribution in [0, 0.1) is 19.8 Å². The van der Waals surface area contributed by atoms with Gasteiger partial charge >= 0.3 is 0 Å². The Kier molecular flexibility index (Phi) is 12.6. The summed E-state index contributed by atoms with van der Waals surface area (Å²) in [7, 11) is 1.71. The van der Waals surface area contributed by atoms with Gasteiger partial charge in [0.05, 0.1) is 23.6 Å². The number of hydrogen-bond acceptors (Lipinski definition) is 6. The van der Waals surface area contributed by atoms with E-state index >= 15 is 0 Å². The molecular weight excluding hydrogens is 649 g/mol. The Bertz CT molecular complexity index is 1840. The largest absolute Gasteiger partial charge is 0.497 e. The van der Waals surface area contributed by atoms with Crippen molar-refractivity contribution in [1.29, 1.82) is 0 Å². The number of thiocarbonyl (C=S) groups is 1. The lowest BCUT2D eigenvalue weighted by molar-refractivity contribution is -0.310. The molecule has 3 aromatic carbocycles. The van der Waals surface area contributed by atoms with Gasteiger partial charge in [0.15, 0.2) is 0 Å². The number of aromatic amines is 1. The number of nitrogens with one attached hydrogen (secondary N) is 3. The molecule has 260 valence electrons. The molecule has 0 saturated carbocycles. The van der Waals surface area contributed by atoms with Gasteiger partial charge in [-0.25, -0.2) is 4.98 Å². The highest BCUT2D eigenvalue weighted by atomic mass is 32.2. The van der Waals surface area contributed by atoms with E-state index in [2.05, 4.69) is 66.7 Å². The maximum atomic E-state index is 13.2. The van der Waals surface area contributed by atoms with Crippen LogP contribution >= 0.6 is 24.0 Å². The maximum absolute atomic E-state index is 13.2. The Balaban J connectivity index is 1.25. The van der Waals surface area contributed by atoms with Crippen molar-refractivity contribution in [1.82, 2.24) is 10.2 Å². The third-order valence-electron chi connectivity index (χ3n) is 10.1. The summed E-state index contributed by atoms with van der Waals surface area (Å²) in [5.74, 6) is 2.26. The molecule has 1 aliphatic heterocycles. The predicted octanol–water partition coefficient (Wildman–Crippen LogP) is 8.68. The third kappa shape index (κ3) is 8.55. The number of nitrogens with zero attached hydrogens (tertiary/aromatic N) is 1. The van der Waals surface area contributed by atoms with Crippen molar-refractivity contribution in [3.8, 4) is 5.75 Å². The van der Waals surface area contributed by atoms with Crippen molar-refractivity contribution in [2.75, 3.05) is 31.3 Å². The molecule has 1 saturated heterocycles. The lowest BCUT2D eigenvalue weighted by Gasteiger charge is -2.19. The molecule has 0 aliphatic carbocycles. The van der Waals surface area contributed by atoms with Gasteiger partial charge in [-0.2, -0.15) is 0 Å². The van der Waals surface area contributed by atoms with Crippen molar-refractivity contribution in [2.24, 2.45) is 5.92 Å². The number of aryl methyl sites for hydroxylation is 1. The van der Waals surface area contributed by atoms with E-state index in [1.165, 1.54) is 43.0 Å². The van der Waals surface area contributed by atoms with Crippen LogP contribution in [0.25, 0.3) is 21.8 Å². The fourth-order valence-electron chi connectivity index (χ4n) is 6.82. The zero-order chi connectivity index (χ0) is 35.1. The van der Waals surface area contributed by atoms with Crippen LogP contribution in [0.4, 0.5) is 5.69 Å². The van der Waals surface area contributed by atoms with Crippen molar-refractivity contribution < 1.29 is 19.3 Å². The highest BCUT2D eigenvalue weighted by Crippen LogP contribution is 2.33. The number of rotatable bonds is 15. The number of pyridine rings is 1. The average Bonchev–Trinajstić information content (AvgIpc) is 3.54. The zero-order valence-electron chi connectivity index (χ0n) is 29.8. The number of anilines is 1. The van der Waals surface area contributed by atoms with Crippen molar-refractivity contribution in [3.63, 3.8) is 0 Å². The van der Waals surface area contributed by atoms with E-state index in [4.69, 9.17) is 17.0 Å². The standard InChI is InChI=1S/C40H50N4O3S2/c1-7-28(8-2)12-9-11-25(3)42-37-33-16-14-29(23-36(33)43-35-19-15-30(47-6)24-34(35)37)13-10-20-41-38(45)31-17-18-32(27(5)26(31)4)39(46)44-21-22-49-40(44)48/h14-19,23-25,28H,7-13,20-22H2,1-6H3,(H,41,45)(H,42,43)/p+1. The number of aromatic nitrogens is 1.